The molecule has 34 heavy (non-hydrogen) atoms. The van der Waals surface area contributed by atoms with Crippen LogP contribution in [0.3, 0.4) is 0 Å². The van der Waals surface area contributed by atoms with Crippen LogP contribution in [0.4, 0.5) is 5.69 Å². The third-order valence-corrected chi connectivity index (χ3v) is 5.89. The van der Waals surface area contributed by atoms with E-state index in [-0.39, 0.29) is 5.91 Å². The van der Waals surface area contributed by atoms with Gasteiger partial charge < -0.3 is 23.9 Å². The first-order valence-corrected chi connectivity index (χ1v) is 11.3. The van der Waals surface area contributed by atoms with Crippen LogP contribution in [-0.2, 0) is 5.75 Å². The molecule has 0 saturated heterocycles. The topological polar surface area (TPSA) is 95.7 Å². The molecule has 8 nitrogen and oxygen atoms in total. The Labute approximate surface area is 201 Å². The molecule has 0 unspecified atom stereocenters. The molecule has 9 heteroatoms. The number of anilines is 1. The van der Waals surface area contributed by atoms with E-state index in [1.165, 1.54) is 21.3 Å². The molecule has 174 valence electrons. The third kappa shape index (κ3) is 5.32. The first-order valence-electron chi connectivity index (χ1n) is 10.3. The van der Waals surface area contributed by atoms with Gasteiger partial charge >= 0.3 is 0 Å². The summed E-state index contributed by atoms with van der Waals surface area (Å²) in [6.45, 7) is 0. The van der Waals surface area contributed by atoms with Crippen molar-refractivity contribution in [3.63, 3.8) is 0 Å². The number of nitrogens with one attached hydrogen (secondary N) is 1. The molecule has 0 fully saturated rings. The standard InChI is InChI=1S/C25H23N3O5S/c1-30-20-13-17(14-21(31-2)23(20)32-3)24(29)26-18-9-11-19(12-10-18)34-15-22-27-28-25(33-22)16-7-5-4-6-8-16/h4-14H,15H2,1-3H3,(H,26,29). The quantitative estimate of drug-likeness (QED) is 0.324. The van der Waals surface area contributed by atoms with Crippen molar-refractivity contribution in [2.24, 2.45) is 0 Å². The van der Waals surface area contributed by atoms with Gasteiger partial charge in [-0.1, -0.05) is 18.2 Å². The number of amides is 1. The van der Waals surface area contributed by atoms with Gasteiger partial charge in [0.25, 0.3) is 5.91 Å². The van der Waals surface area contributed by atoms with Crippen molar-refractivity contribution in [2.45, 2.75) is 10.6 Å². The van der Waals surface area contributed by atoms with Crippen LogP contribution in [0.15, 0.2) is 76.0 Å². The summed E-state index contributed by atoms with van der Waals surface area (Å²) in [5.74, 6) is 2.55. The number of methoxy groups -OCH3 is 3. The van der Waals surface area contributed by atoms with Gasteiger partial charge in [-0.15, -0.1) is 22.0 Å². The Kier molecular flexibility index (Phi) is 7.34. The van der Waals surface area contributed by atoms with Gasteiger partial charge in [-0.25, -0.2) is 0 Å². The van der Waals surface area contributed by atoms with E-state index in [0.29, 0.717) is 46.0 Å². The summed E-state index contributed by atoms with van der Waals surface area (Å²) < 4.78 is 21.7. The van der Waals surface area contributed by atoms with E-state index >= 15 is 0 Å². The Morgan fingerprint density at radius 1 is 0.912 bits per heavy atom. The van der Waals surface area contributed by atoms with Crippen LogP contribution in [0, 0.1) is 0 Å². The zero-order valence-electron chi connectivity index (χ0n) is 18.9. The van der Waals surface area contributed by atoms with Crippen molar-refractivity contribution < 1.29 is 23.4 Å². The molecule has 4 rings (SSSR count). The van der Waals surface area contributed by atoms with Crippen molar-refractivity contribution in [1.29, 1.82) is 0 Å². The summed E-state index contributed by atoms with van der Waals surface area (Å²) in [5.41, 5.74) is 1.93. The van der Waals surface area contributed by atoms with E-state index in [4.69, 9.17) is 18.6 Å². The number of carbonyl (C=O) groups is 1. The molecule has 0 bridgehead atoms. The summed E-state index contributed by atoms with van der Waals surface area (Å²) in [7, 11) is 4.53. The molecule has 0 radical (unpaired) electrons. The Hall–Kier alpha value is -3.98. The molecule has 1 amide bonds. The average molecular weight is 478 g/mol. The fraction of sp³-hybridized carbons (Fsp3) is 0.160. The molecule has 0 spiro atoms. The van der Waals surface area contributed by atoms with Crippen LogP contribution in [0.25, 0.3) is 11.5 Å². The molecular weight excluding hydrogens is 454 g/mol. The van der Waals surface area contributed by atoms with Gasteiger partial charge in [0.2, 0.25) is 17.5 Å². The summed E-state index contributed by atoms with van der Waals surface area (Å²) in [4.78, 5) is 13.8. The monoisotopic (exact) mass is 477 g/mol. The summed E-state index contributed by atoms with van der Waals surface area (Å²) in [6.07, 6.45) is 0. The lowest BCUT2D eigenvalue weighted by Gasteiger charge is -2.14. The average Bonchev–Trinajstić information content (AvgIpc) is 3.37. The number of hydrogen-bond acceptors (Lipinski definition) is 8. The number of carbonyl (C=O) groups excluding carboxylic acids is 1. The molecule has 0 aliphatic carbocycles. The van der Waals surface area contributed by atoms with Crippen LogP contribution in [-0.4, -0.2) is 37.4 Å². The number of ether oxygens (including phenoxy) is 3. The van der Waals surface area contributed by atoms with Gasteiger partial charge in [-0.05, 0) is 48.5 Å². The first kappa shape index (κ1) is 23.2. The largest absolute Gasteiger partial charge is 0.493 e. The second-order valence-electron chi connectivity index (χ2n) is 7.05. The summed E-state index contributed by atoms with van der Waals surface area (Å²) >= 11 is 1.56. The highest BCUT2D eigenvalue weighted by Crippen LogP contribution is 2.38. The number of nitrogens with zero attached hydrogens (tertiary/aromatic N) is 2. The zero-order valence-corrected chi connectivity index (χ0v) is 19.7. The highest BCUT2D eigenvalue weighted by atomic mass is 32.2. The lowest BCUT2D eigenvalue weighted by molar-refractivity contribution is 0.102. The maximum absolute atomic E-state index is 12.8. The number of rotatable bonds is 9. The summed E-state index contributed by atoms with van der Waals surface area (Å²) in [6, 6.07) is 20.4. The van der Waals surface area contributed by atoms with Gasteiger partial charge in [0, 0.05) is 21.7 Å². The minimum absolute atomic E-state index is 0.293. The molecule has 1 aromatic heterocycles. The maximum Gasteiger partial charge on any atom is 0.255 e. The molecule has 4 aromatic rings. The van der Waals surface area contributed by atoms with Crippen LogP contribution >= 0.6 is 11.8 Å². The van der Waals surface area contributed by atoms with Crippen molar-refractivity contribution in [3.05, 3.63) is 78.2 Å². The lowest BCUT2D eigenvalue weighted by atomic mass is 10.1. The van der Waals surface area contributed by atoms with Gasteiger partial charge in [0.05, 0.1) is 27.1 Å². The van der Waals surface area contributed by atoms with E-state index in [2.05, 4.69) is 15.5 Å². The molecule has 0 saturated carbocycles. The van der Waals surface area contributed by atoms with E-state index in [1.807, 2.05) is 54.6 Å². The SMILES string of the molecule is COc1cc(C(=O)Nc2ccc(SCc3nnc(-c4ccccc4)o3)cc2)cc(OC)c1OC. The minimum atomic E-state index is -0.293. The molecular formula is C25H23N3O5S. The van der Waals surface area contributed by atoms with Crippen LogP contribution in [0.5, 0.6) is 17.2 Å². The highest BCUT2D eigenvalue weighted by Gasteiger charge is 2.17. The summed E-state index contributed by atoms with van der Waals surface area (Å²) in [5, 5.41) is 11.1. The van der Waals surface area contributed by atoms with E-state index in [9.17, 15) is 4.79 Å². The van der Waals surface area contributed by atoms with Gasteiger partial charge in [0.15, 0.2) is 11.5 Å². The molecule has 0 aliphatic heterocycles. The second kappa shape index (κ2) is 10.8. The molecule has 1 heterocycles. The van der Waals surface area contributed by atoms with Gasteiger partial charge in [-0.3, -0.25) is 4.79 Å². The smallest absolute Gasteiger partial charge is 0.255 e. The van der Waals surface area contributed by atoms with Crippen molar-refractivity contribution in [2.75, 3.05) is 26.6 Å². The third-order valence-electron chi connectivity index (χ3n) is 4.89. The molecule has 1 N–H and O–H groups in total. The van der Waals surface area contributed by atoms with Crippen LogP contribution in [0.2, 0.25) is 0 Å². The normalized spacial score (nSPS) is 10.6. The number of benzene rings is 3. The zero-order chi connectivity index (χ0) is 23.9. The fourth-order valence-corrected chi connectivity index (χ4v) is 3.94. The lowest BCUT2D eigenvalue weighted by Crippen LogP contribution is -2.12. The molecule has 0 aliphatic rings. The van der Waals surface area contributed by atoms with Crippen LogP contribution in [0.1, 0.15) is 16.2 Å². The predicted octanol–water partition coefficient (Wildman–Crippen LogP) is 5.31. The Balaban J connectivity index is 1.38. The molecule has 3 aromatic carbocycles. The molecule has 0 atom stereocenters. The van der Waals surface area contributed by atoms with Crippen molar-refractivity contribution >= 4 is 23.4 Å². The van der Waals surface area contributed by atoms with Crippen molar-refractivity contribution in [1.82, 2.24) is 10.2 Å². The van der Waals surface area contributed by atoms with E-state index in [1.54, 1.807) is 23.9 Å². The number of hydrogen-bond donors (Lipinski definition) is 1. The van der Waals surface area contributed by atoms with E-state index < -0.39 is 0 Å². The van der Waals surface area contributed by atoms with Crippen molar-refractivity contribution in [3.8, 4) is 28.7 Å². The van der Waals surface area contributed by atoms with Gasteiger partial charge in [-0.2, -0.15) is 0 Å². The number of thioether (sulfide) groups is 1. The minimum Gasteiger partial charge on any atom is -0.493 e. The van der Waals surface area contributed by atoms with E-state index in [0.717, 1.165) is 10.5 Å². The Morgan fingerprint density at radius 3 is 2.21 bits per heavy atom. The maximum atomic E-state index is 12.8. The van der Waals surface area contributed by atoms with Crippen LogP contribution < -0.4 is 19.5 Å². The predicted molar refractivity (Wildman–Crippen MR) is 130 cm³/mol. The Bertz CT molecular complexity index is 1230. The highest BCUT2D eigenvalue weighted by molar-refractivity contribution is 7.98. The van der Waals surface area contributed by atoms with Gasteiger partial charge in [0.1, 0.15) is 0 Å². The second-order valence-corrected chi connectivity index (χ2v) is 8.10. The number of aromatic nitrogens is 2. The Morgan fingerprint density at radius 2 is 1.59 bits per heavy atom. The first-order chi connectivity index (χ1) is 16.6. The fourth-order valence-electron chi connectivity index (χ4n) is 3.20.